The lowest BCUT2D eigenvalue weighted by atomic mass is 10.1. The molecule has 0 saturated heterocycles. The predicted octanol–water partition coefficient (Wildman–Crippen LogP) is 3.20. The summed E-state index contributed by atoms with van der Waals surface area (Å²) in [6.07, 6.45) is 2.40. The molecule has 126 valence electrons. The van der Waals surface area contributed by atoms with Gasteiger partial charge in [-0.1, -0.05) is 18.2 Å². The lowest BCUT2D eigenvalue weighted by molar-refractivity contribution is -0.384. The number of benzene rings is 2. The van der Waals surface area contributed by atoms with Crippen molar-refractivity contribution in [3.8, 4) is 0 Å². The largest absolute Gasteiger partial charge is 0.465 e. The van der Waals surface area contributed by atoms with Gasteiger partial charge in [0.05, 0.1) is 17.6 Å². The van der Waals surface area contributed by atoms with Crippen molar-refractivity contribution >= 4 is 28.8 Å². The zero-order chi connectivity index (χ0) is 18.0. The van der Waals surface area contributed by atoms with E-state index in [0.717, 1.165) is 6.29 Å². The second kappa shape index (κ2) is 6.56. The fourth-order valence-electron chi connectivity index (χ4n) is 2.75. The zero-order valence-electron chi connectivity index (χ0n) is 13.3. The SMILES string of the molecule is COC(=O)c1ccc2c(C=O)cn(Cc3cccc([N+](=O)[O-])c3)c2c1. The Hall–Kier alpha value is -3.48. The number of carbonyl (C=O) groups is 2. The topological polar surface area (TPSA) is 91.4 Å². The summed E-state index contributed by atoms with van der Waals surface area (Å²) in [5.41, 5.74) is 2.24. The number of hydrogen-bond donors (Lipinski definition) is 0. The molecule has 0 aliphatic carbocycles. The zero-order valence-corrected chi connectivity index (χ0v) is 13.3. The molecule has 0 saturated carbocycles. The Morgan fingerprint density at radius 3 is 2.76 bits per heavy atom. The summed E-state index contributed by atoms with van der Waals surface area (Å²) in [4.78, 5) is 33.5. The van der Waals surface area contributed by atoms with E-state index in [2.05, 4.69) is 0 Å². The monoisotopic (exact) mass is 338 g/mol. The number of carbonyl (C=O) groups excluding carboxylic acids is 2. The molecule has 0 N–H and O–H groups in total. The lowest BCUT2D eigenvalue weighted by Gasteiger charge is -2.07. The van der Waals surface area contributed by atoms with Crippen LogP contribution in [0.2, 0.25) is 0 Å². The molecule has 7 heteroatoms. The van der Waals surface area contributed by atoms with Gasteiger partial charge in [-0.2, -0.15) is 0 Å². The fourth-order valence-corrected chi connectivity index (χ4v) is 2.75. The third kappa shape index (κ3) is 3.12. The summed E-state index contributed by atoms with van der Waals surface area (Å²) in [7, 11) is 1.30. The van der Waals surface area contributed by atoms with Gasteiger partial charge in [0.15, 0.2) is 6.29 Å². The first kappa shape index (κ1) is 16.4. The van der Waals surface area contributed by atoms with Crippen molar-refractivity contribution in [2.24, 2.45) is 0 Å². The van der Waals surface area contributed by atoms with Crippen LogP contribution in [0.4, 0.5) is 5.69 Å². The molecule has 3 rings (SSSR count). The molecule has 0 amide bonds. The van der Waals surface area contributed by atoms with Gasteiger partial charge in [-0.15, -0.1) is 0 Å². The number of ether oxygens (including phenoxy) is 1. The summed E-state index contributed by atoms with van der Waals surface area (Å²) in [5, 5.41) is 11.6. The number of rotatable bonds is 5. The number of esters is 1. The Kier molecular flexibility index (Phi) is 4.30. The fraction of sp³-hybridized carbons (Fsp3) is 0.111. The van der Waals surface area contributed by atoms with Crippen LogP contribution in [0.25, 0.3) is 10.9 Å². The Labute approximate surface area is 142 Å². The van der Waals surface area contributed by atoms with Crippen LogP contribution in [-0.4, -0.2) is 28.9 Å². The second-order valence-corrected chi connectivity index (χ2v) is 5.48. The van der Waals surface area contributed by atoms with E-state index in [0.29, 0.717) is 34.1 Å². The van der Waals surface area contributed by atoms with Gasteiger partial charge in [-0.3, -0.25) is 14.9 Å². The molecule has 3 aromatic rings. The third-order valence-electron chi connectivity index (χ3n) is 3.94. The maximum absolute atomic E-state index is 11.7. The first-order valence-corrected chi connectivity index (χ1v) is 7.43. The molecule has 0 aliphatic heterocycles. The van der Waals surface area contributed by atoms with E-state index in [1.807, 2.05) is 0 Å². The van der Waals surface area contributed by atoms with Crippen molar-refractivity contribution in [3.63, 3.8) is 0 Å². The normalized spacial score (nSPS) is 10.6. The van der Waals surface area contributed by atoms with Crippen molar-refractivity contribution in [1.29, 1.82) is 0 Å². The first-order chi connectivity index (χ1) is 12.0. The Bertz CT molecular complexity index is 990. The van der Waals surface area contributed by atoms with Crippen molar-refractivity contribution < 1.29 is 19.2 Å². The standard InChI is InChI=1S/C18H14N2O5/c1-25-18(22)13-5-6-16-14(11-21)10-19(17(16)8-13)9-12-3-2-4-15(7-12)20(23)24/h2-8,10-11H,9H2,1H3. The van der Waals surface area contributed by atoms with Crippen LogP contribution >= 0.6 is 0 Å². The minimum atomic E-state index is -0.474. The van der Waals surface area contributed by atoms with Gasteiger partial charge in [0.2, 0.25) is 0 Å². The minimum Gasteiger partial charge on any atom is -0.465 e. The van der Waals surface area contributed by atoms with E-state index < -0.39 is 10.9 Å². The second-order valence-electron chi connectivity index (χ2n) is 5.48. The molecule has 0 bridgehead atoms. The maximum atomic E-state index is 11.7. The smallest absolute Gasteiger partial charge is 0.337 e. The van der Waals surface area contributed by atoms with Crippen LogP contribution < -0.4 is 0 Å². The van der Waals surface area contributed by atoms with E-state index in [4.69, 9.17) is 4.74 Å². The van der Waals surface area contributed by atoms with E-state index in [1.54, 1.807) is 41.1 Å². The van der Waals surface area contributed by atoms with Gasteiger partial charge in [0, 0.05) is 41.3 Å². The predicted molar refractivity (Wildman–Crippen MR) is 90.9 cm³/mol. The highest BCUT2D eigenvalue weighted by Crippen LogP contribution is 2.24. The van der Waals surface area contributed by atoms with E-state index in [9.17, 15) is 19.7 Å². The molecule has 1 aromatic heterocycles. The van der Waals surface area contributed by atoms with Crippen LogP contribution in [-0.2, 0) is 11.3 Å². The number of aldehydes is 1. The Balaban J connectivity index is 2.08. The van der Waals surface area contributed by atoms with Gasteiger partial charge in [0.1, 0.15) is 0 Å². The highest BCUT2D eigenvalue weighted by atomic mass is 16.6. The van der Waals surface area contributed by atoms with Crippen LogP contribution in [0.1, 0.15) is 26.3 Å². The first-order valence-electron chi connectivity index (χ1n) is 7.43. The molecule has 7 nitrogen and oxygen atoms in total. The number of methoxy groups -OCH3 is 1. The number of nitro benzene ring substituents is 1. The molecular weight excluding hydrogens is 324 g/mol. The molecule has 1 heterocycles. The maximum Gasteiger partial charge on any atom is 0.337 e. The van der Waals surface area contributed by atoms with E-state index >= 15 is 0 Å². The number of nitro groups is 1. The van der Waals surface area contributed by atoms with Crippen molar-refractivity contribution in [2.45, 2.75) is 6.54 Å². The Morgan fingerprint density at radius 1 is 1.28 bits per heavy atom. The average Bonchev–Trinajstić information content (AvgIpc) is 2.98. The summed E-state index contributed by atoms with van der Waals surface area (Å²) in [6, 6.07) is 11.2. The van der Waals surface area contributed by atoms with Gasteiger partial charge >= 0.3 is 5.97 Å². The molecular formula is C18H14N2O5. The average molecular weight is 338 g/mol. The van der Waals surface area contributed by atoms with Gasteiger partial charge in [-0.25, -0.2) is 4.79 Å². The highest BCUT2D eigenvalue weighted by molar-refractivity contribution is 6.01. The van der Waals surface area contributed by atoms with Crippen LogP contribution in [0, 0.1) is 10.1 Å². The lowest BCUT2D eigenvalue weighted by Crippen LogP contribution is -2.02. The molecule has 0 radical (unpaired) electrons. The van der Waals surface area contributed by atoms with Crippen molar-refractivity contribution in [2.75, 3.05) is 7.11 Å². The molecule has 25 heavy (non-hydrogen) atoms. The van der Waals surface area contributed by atoms with E-state index in [-0.39, 0.29) is 5.69 Å². The molecule has 2 aromatic carbocycles. The van der Waals surface area contributed by atoms with Gasteiger partial charge in [0.25, 0.3) is 5.69 Å². The molecule has 0 spiro atoms. The summed E-state index contributed by atoms with van der Waals surface area (Å²) >= 11 is 0. The minimum absolute atomic E-state index is 0.000165. The molecule has 0 atom stereocenters. The molecule has 0 fully saturated rings. The number of aromatic nitrogens is 1. The summed E-state index contributed by atoms with van der Waals surface area (Å²) < 4.78 is 6.51. The third-order valence-corrected chi connectivity index (χ3v) is 3.94. The quantitative estimate of drug-likeness (QED) is 0.308. The molecule has 0 aliphatic rings. The molecule has 0 unspecified atom stereocenters. The Morgan fingerprint density at radius 2 is 2.08 bits per heavy atom. The van der Waals surface area contributed by atoms with E-state index in [1.165, 1.54) is 19.2 Å². The van der Waals surface area contributed by atoms with Gasteiger partial charge in [-0.05, 0) is 17.7 Å². The van der Waals surface area contributed by atoms with Crippen LogP contribution in [0.3, 0.4) is 0 Å². The van der Waals surface area contributed by atoms with Gasteiger partial charge < -0.3 is 9.30 Å². The van der Waals surface area contributed by atoms with Crippen molar-refractivity contribution in [1.82, 2.24) is 4.57 Å². The number of nitrogens with zero attached hydrogens (tertiary/aromatic N) is 2. The highest BCUT2D eigenvalue weighted by Gasteiger charge is 2.13. The van der Waals surface area contributed by atoms with Crippen molar-refractivity contribution in [3.05, 3.63) is 75.5 Å². The number of fused-ring (bicyclic) bond motifs is 1. The van der Waals surface area contributed by atoms with Crippen LogP contribution in [0.15, 0.2) is 48.7 Å². The number of non-ortho nitro benzene ring substituents is 1. The summed E-state index contributed by atoms with van der Waals surface area (Å²) in [5.74, 6) is -0.474. The van der Waals surface area contributed by atoms with Crippen LogP contribution in [0.5, 0.6) is 0 Å². The summed E-state index contributed by atoms with van der Waals surface area (Å²) in [6.45, 7) is 0.330. The number of hydrogen-bond acceptors (Lipinski definition) is 5.